The minimum Gasteiger partial charge on any atom is -0.477 e. The summed E-state index contributed by atoms with van der Waals surface area (Å²) < 4.78 is 13.1. The van der Waals surface area contributed by atoms with Crippen molar-refractivity contribution in [1.29, 1.82) is 0 Å². The molecule has 0 spiro atoms. The van der Waals surface area contributed by atoms with Crippen molar-refractivity contribution in [3.63, 3.8) is 0 Å². The van der Waals surface area contributed by atoms with Crippen LogP contribution in [0.5, 0.6) is 5.88 Å². The van der Waals surface area contributed by atoms with Gasteiger partial charge in [0.05, 0.1) is 26.0 Å². The molecule has 6 rings (SSSR count). The number of ether oxygens (including phenoxy) is 2. The molecule has 5 aliphatic rings. The number of rotatable bonds is 9. The number of nitrogens with one attached hydrogen (secondary N) is 1. The third-order valence-corrected chi connectivity index (χ3v) is 8.91. The minimum absolute atomic E-state index is 0.0709. The quantitative estimate of drug-likeness (QED) is 0.399. The molecule has 7 nitrogen and oxygen atoms in total. The van der Waals surface area contributed by atoms with Gasteiger partial charge < -0.3 is 14.8 Å². The van der Waals surface area contributed by atoms with E-state index in [0.29, 0.717) is 54.5 Å². The summed E-state index contributed by atoms with van der Waals surface area (Å²) in [6.07, 6.45) is 16.0. The van der Waals surface area contributed by atoms with E-state index in [1.807, 2.05) is 0 Å². The van der Waals surface area contributed by atoms with E-state index in [9.17, 15) is 9.59 Å². The van der Waals surface area contributed by atoms with E-state index in [4.69, 9.17) is 9.47 Å². The largest absolute Gasteiger partial charge is 0.477 e. The molecule has 5 fully saturated rings. The van der Waals surface area contributed by atoms with Gasteiger partial charge in [0.1, 0.15) is 5.56 Å². The Kier molecular flexibility index (Phi) is 7.49. The molecular weight excluding hydrogens is 442 g/mol. The summed E-state index contributed by atoms with van der Waals surface area (Å²) >= 11 is 0. The van der Waals surface area contributed by atoms with Gasteiger partial charge in [-0.3, -0.25) is 4.79 Å². The summed E-state index contributed by atoms with van der Waals surface area (Å²) in [5.41, 5.74) is 1.04. The average Bonchev–Trinajstić information content (AvgIpc) is 3.26. The summed E-state index contributed by atoms with van der Waals surface area (Å²) in [6, 6.07) is 0.274. The lowest BCUT2D eigenvalue weighted by molar-refractivity contribution is -0.138. The standard InChI is InChI=1S/C28H41N3O4/c1-3-34-28(33)18(2)9-10-31-27(35-17-19-7-5-4-6-8-19)24(16-29-31)26(32)30-25-22-12-20-11-21(14-22)15-23(25)13-20/h9,16,19-23,25H,3-8,10-15,17H2,1-2H3,(H,30,32)/b18-9+. The first-order chi connectivity index (χ1) is 17.0. The van der Waals surface area contributed by atoms with Crippen molar-refractivity contribution in [1.82, 2.24) is 15.1 Å². The van der Waals surface area contributed by atoms with E-state index in [2.05, 4.69) is 10.4 Å². The Hall–Kier alpha value is -2.31. The highest BCUT2D eigenvalue weighted by Gasteiger charge is 2.48. The van der Waals surface area contributed by atoms with Crippen LogP contribution in [0.25, 0.3) is 0 Å². The maximum absolute atomic E-state index is 13.5. The third kappa shape index (κ3) is 5.44. The van der Waals surface area contributed by atoms with Gasteiger partial charge in [-0.15, -0.1) is 0 Å². The Morgan fingerprint density at radius 1 is 1.09 bits per heavy atom. The first-order valence-corrected chi connectivity index (χ1v) is 13.8. The van der Waals surface area contributed by atoms with Crippen LogP contribution >= 0.6 is 0 Å². The maximum Gasteiger partial charge on any atom is 0.333 e. The van der Waals surface area contributed by atoms with Gasteiger partial charge in [-0.25, -0.2) is 9.48 Å². The van der Waals surface area contributed by atoms with Crippen LogP contribution < -0.4 is 10.1 Å². The van der Waals surface area contributed by atoms with Gasteiger partial charge in [-0.2, -0.15) is 5.10 Å². The predicted molar refractivity (Wildman–Crippen MR) is 133 cm³/mol. The van der Waals surface area contributed by atoms with Crippen LogP contribution in [-0.2, 0) is 16.1 Å². The molecule has 1 amide bonds. The Bertz CT molecular complexity index is 918. The van der Waals surface area contributed by atoms with Gasteiger partial charge in [-0.1, -0.05) is 25.3 Å². The van der Waals surface area contributed by atoms with Crippen LogP contribution in [0.4, 0.5) is 0 Å². The van der Waals surface area contributed by atoms with Gasteiger partial charge in [0.2, 0.25) is 5.88 Å². The lowest BCUT2D eigenvalue weighted by atomic mass is 9.54. The smallest absolute Gasteiger partial charge is 0.333 e. The van der Waals surface area contributed by atoms with Crippen molar-refractivity contribution in [2.24, 2.45) is 29.6 Å². The molecular formula is C28H41N3O4. The molecule has 1 heterocycles. The fourth-order valence-electron chi connectivity index (χ4n) is 7.30. The highest BCUT2D eigenvalue weighted by atomic mass is 16.5. The SMILES string of the molecule is CCOC(=O)/C(C)=C/Cn1ncc(C(=O)NC2C3CC4CC(C3)CC2C4)c1OCC1CCCCC1. The molecule has 5 saturated carbocycles. The van der Waals surface area contributed by atoms with Gasteiger partial charge in [0.25, 0.3) is 5.91 Å². The molecule has 35 heavy (non-hydrogen) atoms. The van der Waals surface area contributed by atoms with Crippen LogP contribution in [0.3, 0.4) is 0 Å². The molecule has 0 saturated heterocycles. The second-order valence-electron chi connectivity index (χ2n) is 11.4. The second kappa shape index (κ2) is 10.8. The van der Waals surface area contributed by atoms with Crippen molar-refractivity contribution in [3.05, 3.63) is 23.4 Å². The highest BCUT2D eigenvalue weighted by molar-refractivity contribution is 5.96. The van der Waals surface area contributed by atoms with E-state index < -0.39 is 0 Å². The molecule has 1 N–H and O–H groups in total. The summed E-state index contributed by atoms with van der Waals surface area (Å²) in [5, 5.41) is 7.90. The Morgan fingerprint density at radius 3 is 2.43 bits per heavy atom. The van der Waals surface area contributed by atoms with Crippen LogP contribution in [0, 0.1) is 29.6 Å². The molecule has 5 aliphatic carbocycles. The van der Waals surface area contributed by atoms with E-state index in [-0.39, 0.29) is 17.9 Å². The predicted octanol–water partition coefficient (Wildman–Crippen LogP) is 4.91. The Morgan fingerprint density at radius 2 is 1.77 bits per heavy atom. The van der Waals surface area contributed by atoms with Crippen LogP contribution in [0.2, 0.25) is 0 Å². The number of amides is 1. The van der Waals surface area contributed by atoms with Crippen molar-refractivity contribution < 1.29 is 19.1 Å². The lowest BCUT2D eigenvalue weighted by Gasteiger charge is -2.54. The van der Waals surface area contributed by atoms with Gasteiger partial charge in [0.15, 0.2) is 0 Å². The molecule has 192 valence electrons. The summed E-state index contributed by atoms with van der Waals surface area (Å²) in [4.78, 5) is 25.5. The Balaban J connectivity index is 1.31. The molecule has 0 atom stereocenters. The lowest BCUT2D eigenvalue weighted by Crippen LogP contribution is -2.55. The van der Waals surface area contributed by atoms with Gasteiger partial charge in [-0.05, 0) is 88.4 Å². The number of hydrogen-bond donors (Lipinski definition) is 1. The zero-order valence-corrected chi connectivity index (χ0v) is 21.3. The summed E-state index contributed by atoms with van der Waals surface area (Å²) in [7, 11) is 0. The number of aromatic nitrogens is 2. The summed E-state index contributed by atoms with van der Waals surface area (Å²) in [5.74, 6) is 3.62. The van der Waals surface area contributed by atoms with Crippen LogP contribution in [-0.4, -0.2) is 40.9 Å². The van der Waals surface area contributed by atoms with Crippen molar-refractivity contribution in [2.45, 2.75) is 90.6 Å². The fraction of sp³-hybridized carbons (Fsp3) is 0.750. The maximum atomic E-state index is 13.5. The minimum atomic E-state index is -0.329. The number of esters is 1. The number of nitrogens with zero attached hydrogens (tertiary/aromatic N) is 2. The molecule has 1 aromatic heterocycles. The normalized spacial score (nSPS) is 30.3. The molecule has 0 aromatic carbocycles. The number of allylic oxidation sites excluding steroid dienone is 1. The topological polar surface area (TPSA) is 82.5 Å². The monoisotopic (exact) mass is 483 g/mol. The number of carbonyl (C=O) groups excluding carboxylic acids is 2. The first-order valence-electron chi connectivity index (χ1n) is 13.8. The Labute approximate surface area is 209 Å². The fourth-order valence-corrected chi connectivity index (χ4v) is 7.30. The highest BCUT2D eigenvalue weighted by Crippen LogP contribution is 2.53. The first kappa shape index (κ1) is 24.4. The van der Waals surface area contributed by atoms with Crippen molar-refractivity contribution in [2.75, 3.05) is 13.2 Å². The summed E-state index contributed by atoms with van der Waals surface area (Å²) in [6.45, 7) is 4.84. The average molecular weight is 484 g/mol. The van der Waals surface area contributed by atoms with Crippen molar-refractivity contribution in [3.8, 4) is 5.88 Å². The molecule has 0 unspecified atom stereocenters. The molecule has 7 heteroatoms. The van der Waals surface area contributed by atoms with E-state index in [1.54, 1.807) is 30.8 Å². The van der Waals surface area contributed by atoms with Crippen LogP contribution in [0.15, 0.2) is 17.8 Å². The molecule has 1 aromatic rings. The molecule has 0 radical (unpaired) electrons. The third-order valence-electron chi connectivity index (χ3n) is 8.91. The number of carbonyl (C=O) groups is 2. The zero-order chi connectivity index (χ0) is 24.4. The van der Waals surface area contributed by atoms with Gasteiger partial charge >= 0.3 is 5.97 Å². The van der Waals surface area contributed by atoms with E-state index in [1.165, 1.54) is 64.2 Å². The zero-order valence-electron chi connectivity index (χ0n) is 21.3. The molecule has 4 bridgehead atoms. The second-order valence-corrected chi connectivity index (χ2v) is 11.4. The van der Waals surface area contributed by atoms with E-state index in [0.717, 1.165) is 11.8 Å². The van der Waals surface area contributed by atoms with Gasteiger partial charge in [0, 0.05) is 11.6 Å². The molecule has 0 aliphatic heterocycles. The van der Waals surface area contributed by atoms with E-state index >= 15 is 0 Å². The number of hydrogen-bond acceptors (Lipinski definition) is 5. The van der Waals surface area contributed by atoms with Crippen LogP contribution in [0.1, 0.15) is 88.4 Å². The van der Waals surface area contributed by atoms with Crippen molar-refractivity contribution >= 4 is 11.9 Å².